The van der Waals surface area contributed by atoms with E-state index in [0.29, 0.717) is 5.92 Å². The van der Waals surface area contributed by atoms with Gasteiger partial charge in [0.1, 0.15) is 5.82 Å². The lowest BCUT2D eigenvalue weighted by Gasteiger charge is -2.16. The van der Waals surface area contributed by atoms with Gasteiger partial charge < -0.3 is 15.0 Å². The predicted octanol–water partition coefficient (Wildman–Crippen LogP) is 1.72. The minimum Gasteiger partial charge on any atom is -0.381 e. The molecule has 2 heterocycles. The van der Waals surface area contributed by atoms with E-state index < -0.39 is 0 Å². The van der Waals surface area contributed by atoms with Gasteiger partial charge in [0.05, 0.1) is 6.04 Å². The van der Waals surface area contributed by atoms with Crippen molar-refractivity contribution in [2.75, 3.05) is 13.2 Å². The van der Waals surface area contributed by atoms with Gasteiger partial charge in [0, 0.05) is 32.2 Å². The first-order valence-corrected chi connectivity index (χ1v) is 6.15. The molecular weight excluding hydrogens is 202 g/mol. The first-order valence-electron chi connectivity index (χ1n) is 6.15. The van der Waals surface area contributed by atoms with E-state index in [4.69, 9.17) is 10.5 Å². The number of aryl methyl sites for hydroxylation is 1. The van der Waals surface area contributed by atoms with E-state index in [1.54, 1.807) is 0 Å². The van der Waals surface area contributed by atoms with Crippen LogP contribution in [0.4, 0.5) is 0 Å². The third-order valence-corrected chi connectivity index (χ3v) is 3.16. The van der Waals surface area contributed by atoms with Crippen molar-refractivity contribution in [3.05, 3.63) is 18.2 Å². The SMILES string of the molecule is CCCn1ccnc1C(N)CC1CCOC1. The minimum atomic E-state index is 0.0493. The van der Waals surface area contributed by atoms with E-state index in [1.807, 2.05) is 12.4 Å². The molecule has 16 heavy (non-hydrogen) atoms. The third-order valence-electron chi connectivity index (χ3n) is 3.16. The molecule has 0 amide bonds. The highest BCUT2D eigenvalue weighted by Gasteiger charge is 2.21. The molecule has 0 aliphatic carbocycles. The molecule has 2 rings (SSSR count). The Morgan fingerprint density at radius 3 is 3.25 bits per heavy atom. The summed E-state index contributed by atoms with van der Waals surface area (Å²) in [6.07, 6.45) is 7.10. The first-order chi connectivity index (χ1) is 7.81. The van der Waals surface area contributed by atoms with Crippen LogP contribution >= 0.6 is 0 Å². The number of hydrogen-bond donors (Lipinski definition) is 1. The fourth-order valence-corrected chi connectivity index (χ4v) is 2.31. The zero-order valence-electron chi connectivity index (χ0n) is 9.93. The largest absolute Gasteiger partial charge is 0.381 e. The second-order valence-electron chi connectivity index (χ2n) is 4.55. The molecule has 2 N–H and O–H groups in total. The van der Waals surface area contributed by atoms with E-state index >= 15 is 0 Å². The van der Waals surface area contributed by atoms with Crippen molar-refractivity contribution in [2.45, 2.75) is 38.8 Å². The number of ether oxygens (including phenoxy) is 1. The van der Waals surface area contributed by atoms with Crippen LogP contribution in [0.5, 0.6) is 0 Å². The lowest BCUT2D eigenvalue weighted by Crippen LogP contribution is -2.20. The Bertz CT molecular complexity index is 318. The molecule has 4 nitrogen and oxygen atoms in total. The van der Waals surface area contributed by atoms with Gasteiger partial charge in [-0.25, -0.2) is 4.98 Å². The molecule has 0 aromatic carbocycles. The summed E-state index contributed by atoms with van der Waals surface area (Å²) in [5.74, 6) is 1.63. The van der Waals surface area contributed by atoms with Crippen LogP contribution in [-0.2, 0) is 11.3 Å². The number of nitrogens with two attached hydrogens (primary N) is 1. The standard InChI is InChI=1S/C12H21N3O/c1-2-5-15-6-4-14-12(15)11(13)8-10-3-7-16-9-10/h4,6,10-11H,2-3,5,7-9,13H2,1H3. The maximum Gasteiger partial charge on any atom is 0.125 e. The maximum atomic E-state index is 6.21. The Labute approximate surface area is 96.8 Å². The van der Waals surface area contributed by atoms with Crippen molar-refractivity contribution in [3.8, 4) is 0 Å². The quantitative estimate of drug-likeness (QED) is 0.827. The van der Waals surface area contributed by atoms with Crippen molar-refractivity contribution in [2.24, 2.45) is 11.7 Å². The van der Waals surface area contributed by atoms with Crippen LogP contribution in [0.25, 0.3) is 0 Å². The van der Waals surface area contributed by atoms with Gasteiger partial charge in [0.25, 0.3) is 0 Å². The Hall–Kier alpha value is -0.870. The number of nitrogens with zero attached hydrogens (tertiary/aromatic N) is 2. The molecule has 2 atom stereocenters. The Kier molecular flexibility index (Phi) is 3.96. The zero-order valence-corrected chi connectivity index (χ0v) is 9.93. The van der Waals surface area contributed by atoms with E-state index in [9.17, 15) is 0 Å². The van der Waals surface area contributed by atoms with Crippen LogP contribution < -0.4 is 5.73 Å². The van der Waals surface area contributed by atoms with Gasteiger partial charge in [-0.3, -0.25) is 0 Å². The second kappa shape index (κ2) is 5.46. The number of rotatable bonds is 5. The minimum absolute atomic E-state index is 0.0493. The Morgan fingerprint density at radius 1 is 1.69 bits per heavy atom. The predicted molar refractivity (Wildman–Crippen MR) is 63.0 cm³/mol. The molecule has 4 heteroatoms. The van der Waals surface area contributed by atoms with E-state index in [-0.39, 0.29) is 6.04 Å². The lowest BCUT2D eigenvalue weighted by molar-refractivity contribution is 0.182. The van der Waals surface area contributed by atoms with Crippen LogP contribution in [0, 0.1) is 5.92 Å². The van der Waals surface area contributed by atoms with Crippen LogP contribution in [0.15, 0.2) is 12.4 Å². The Balaban J connectivity index is 1.96. The van der Waals surface area contributed by atoms with Gasteiger partial charge in [-0.2, -0.15) is 0 Å². The zero-order chi connectivity index (χ0) is 11.4. The van der Waals surface area contributed by atoms with E-state index in [1.165, 1.54) is 0 Å². The second-order valence-corrected chi connectivity index (χ2v) is 4.55. The van der Waals surface area contributed by atoms with Gasteiger partial charge in [0.15, 0.2) is 0 Å². The molecule has 0 bridgehead atoms. The van der Waals surface area contributed by atoms with Crippen molar-refractivity contribution in [1.82, 2.24) is 9.55 Å². The molecule has 1 saturated heterocycles. The summed E-state index contributed by atoms with van der Waals surface area (Å²) < 4.78 is 7.54. The summed E-state index contributed by atoms with van der Waals surface area (Å²) >= 11 is 0. The smallest absolute Gasteiger partial charge is 0.125 e. The average molecular weight is 223 g/mol. The van der Waals surface area contributed by atoms with Crippen LogP contribution in [0.1, 0.15) is 38.1 Å². The Morgan fingerprint density at radius 2 is 2.56 bits per heavy atom. The maximum absolute atomic E-state index is 6.21. The van der Waals surface area contributed by atoms with Crippen molar-refractivity contribution >= 4 is 0 Å². The number of aromatic nitrogens is 2. The summed E-state index contributed by atoms with van der Waals surface area (Å²) in [5.41, 5.74) is 6.21. The molecule has 1 aromatic rings. The summed E-state index contributed by atoms with van der Waals surface area (Å²) in [7, 11) is 0. The van der Waals surface area contributed by atoms with Gasteiger partial charge in [-0.15, -0.1) is 0 Å². The summed E-state index contributed by atoms with van der Waals surface area (Å²) in [5, 5.41) is 0. The summed E-state index contributed by atoms with van der Waals surface area (Å²) in [6.45, 7) is 4.92. The van der Waals surface area contributed by atoms with Crippen molar-refractivity contribution in [1.29, 1.82) is 0 Å². The normalized spacial score (nSPS) is 22.5. The average Bonchev–Trinajstić information content (AvgIpc) is 2.89. The highest BCUT2D eigenvalue weighted by molar-refractivity contribution is 4.99. The highest BCUT2D eigenvalue weighted by Crippen LogP contribution is 2.24. The molecule has 0 saturated carbocycles. The number of hydrogen-bond acceptors (Lipinski definition) is 3. The first kappa shape index (κ1) is 11.6. The van der Waals surface area contributed by atoms with Crippen molar-refractivity contribution < 1.29 is 4.74 Å². The third kappa shape index (κ3) is 2.62. The molecule has 1 fully saturated rings. The van der Waals surface area contributed by atoms with Crippen LogP contribution in [0.2, 0.25) is 0 Å². The summed E-state index contributed by atoms with van der Waals surface area (Å²) in [4.78, 5) is 4.37. The topological polar surface area (TPSA) is 53.1 Å². The molecule has 0 spiro atoms. The fourth-order valence-electron chi connectivity index (χ4n) is 2.31. The van der Waals surface area contributed by atoms with Gasteiger partial charge in [-0.1, -0.05) is 6.92 Å². The number of imidazole rings is 1. The molecule has 1 aromatic heterocycles. The molecule has 2 unspecified atom stereocenters. The van der Waals surface area contributed by atoms with Gasteiger partial charge >= 0.3 is 0 Å². The van der Waals surface area contributed by atoms with Gasteiger partial charge in [-0.05, 0) is 25.2 Å². The van der Waals surface area contributed by atoms with Crippen LogP contribution in [0.3, 0.4) is 0 Å². The monoisotopic (exact) mass is 223 g/mol. The van der Waals surface area contributed by atoms with E-state index in [2.05, 4.69) is 16.5 Å². The van der Waals surface area contributed by atoms with Crippen molar-refractivity contribution in [3.63, 3.8) is 0 Å². The molecule has 90 valence electrons. The lowest BCUT2D eigenvalue weighted by atomic mass is 9.99. The van der Waals surface area contributed by atoms with E-state index in [0.717, 1.165) is 44.8 Å². The highest BCUT2D eigenvalue weighted by atomic mass is 16.5. The summed E-state index contributed by atoms with van der Waals surface area (Å²) in [6, 6.07) is 0.0493. The van der Waals surface area contributed by atoms with Crippen LogP contribution in [-0.4, -0.2) is 22.8 Å². The molecular formula is C12H21N3O. The fraction of sp³-hybridized carbons (Fsp3) is 0.750. The van der Waals surface area contributed by atoms with Gasteiger partial charge in [0.2, 0.25) is 0 Å². The molecule has 1 aliphatic heterocycles. The molecule has 1 aliphatic rings. The molecule has 0 radical (unpaired) electrons.